The number of carbonyl (C=O) groups is 1. The molecule has 110 valence electrons. The number of nitrogens with zero attached hydrogens (tertiary/aromatic N) is 1. The quantitative estimate of drug-likeness (QED) is 0.806. The van der Waals surface area contributed by atoms with Crippen LogP contribution in [0.15, 0.2) is 42.5 Å². The minimum atomic E-state index is -0.144. The van der Waals surface area contributed by atoms with Crippen molar-refractivity contribution in [3.63, 3.8) is 0 Å². The number of hydrogen-bond acceptors (Lipinski definition) is 3. The average molecular weight is 304 g/mol. The molecule has 0 fully saturated rings. The van der Waals surface area contributed by atoms with Crippen molar-refractivity contribution >= 4 is 23.3 Å². The van der Waals surface area contributed by atoms with Crippen LogP contribution >= 0.6 is 11.6 Å². The molecule has 0 radical (unpaired) electrons. The number of aromatic nitrogens is 1. The third-order valence-corrected chi connectivity index (χ3v) is 3.15. The normalized spacial score (nSPS) is 10.2. The van der Waals surface area contributed by atoms with Crippen LogP contribution in [0.4, 0.5) is 5.82 Å². The van der Waals surface area contributed by atoms with Crippen LogP contribution in [0.5, 0.6) is 0 Å². The second-order valence-corrected chi connectivity index (χ2v) is 4.97. The van der Waals surface area contributed by atoms with E-state index >= 15 is 0 Å². The van der Waals surface area contributed by atoms with E-state index in [4.69, 9.17) is 11.6 Å². The minimum absolute atomic E-state index is 0.144. The zero-order valence-corrected chi connectivity index (χ0v) is 12.7. The number of halogens is 1. The monoisotopic (exact) mass is 303 g/mol. The first kappa shape index (κ1) is 15.3. The molecule has 1 aromatic heterocycles. The molecule has 21 heavy (non-hydrogen) atoms. The number of benzene rings is 1. The van der Waals surface area contributed by atoms with Crippen molar-refractivity contribution in [2.75, 3.05) is 18.4 Å². The minimum Gasteiger partial charge on any atom is -0.370 e. The molecule has 0 aliphatic rings. The second kappa shape index (κ2) is 7.64. The van der Waals surface area contributed by atoms with Crippen LogP contribution in [-0.4, -0.2) is 24.0 Å². The first-order chi connectivity index (χ1) is 10.2. The summed E-state index contributed by atoms with van der Waals surface area (Å²) in [7, 11) is 0. The van der Waals surface area contributed by atoms with E-state index in [1.165, 1.54) is 5.56 Å². The molecule has 4 nitrogen and oxygen atoms in total. The number of anilines is 1. The lowest BCUT2D eigenvalue weighted by Gasteiger charge is -2.08. The Morgan fingerprint density at radius 1 is 1.24 bits per heavy atom. The Bertz CT molecular complexity index is 602. The summed E-state index contributed by atoms with van der Waals surface area (Å²) in [5.74, 6) is 0.465. The topological polar surface area (TPSA) is 54.0 Å². The summed E-state index contributed by atoms with van der Waals surface area (Å²) in [5, 5.41) is 6.25. The van der Waals surface area contributed by atoms with E-state index in [0.29, 0.717) is 23.1 Å². The van der Waals surface area contributed by atoms with Crippen LogP contribution in [-0.2, 0) is 6.42 Å². The van der Waals surface area contributed by atoms with Crippen LogP contribution in [0.25, 0.3) is 0 Å². The van der Waals surface area contributed by atoms with Crippen LogP contribution in [0, 0.1) is 0 Å². The number of hydrogen-bond donors (Lipinski definition) is 2. The predicted octanol–water partition coefficient (Wildman–Crippen LogP) is 3.14. The van der Waals surface area contributed by atoms with Crippen LogP contribution < -0.4 is 10.6 Å². The highest BCUT2D eigenvalue weighted by atomic mass is 35.5. The summed E-state index contributed by atoms with van der Waals surface area (Å²) in [6.45, 7) is 3.27. The lowest BCUT2D eigenvalue weighted by Crippen LogP contribution is -2.25. The van der Waals surface area contributed by atoms with Gasteiger partial charge in [0.25, 0.3) is 5.91 Å². The fraction of sp³-hybridized carbons (Fsp3) is 0.250. The second-order valence-electron chi connectivity index (χ2n) is 4.59. The molecule has 1 heterocycles. The molecule has 2 rings (SSSR count). The van der Waals surface area contributed by atoms with E-state index in [-0.39, 0.29) is 5.91 Å². The van der Waals surface area contributed by atoms with Crippen molar-refractivity contribution in [1.82, 2.24) is 10.3 Å². The molecule has 1 amide bonds. The first-order valence-corrected chi connectivity index (χ1v) is 7.30. The zero-order chi connectivity index (χ0) is 15.1. The molecule has 0 aliphatic carbocycles. The van der Waals surface area contributed by atoms with Gasteiger partial charge in [0.1, 0.15) is 11.0 Å². The maximum absolute atomic E-state index is 12.1. The fourth-order valence-electron chi connectivity index (χ4n) is 1.97. The molecule has 2 aromatic rings. The number of pyridine rings is 1. The van der Waals surface area contributed by atoms with Gasteiger partial charge in [-0.1, -0.05) is 41.9 Å². The lowest BCUT2D eigenvalue weighted by molar-refractivity contribution is 0.0954. The maximum Gasteiger partial charge on any atom is 0.251 e. The molecular weight excluding hydrogens is 286 g/mol. The largest absolute Gasteiger partial charge is 0.370 e. The molecular formula is C16H18ClN3O. The molecule has 0 aliphatic heterocycles. The summed E-state index contributed by atoms with van der Waals surface area (Å²) in [5.41, 5.74) is 1.71. The Labute approximate surface area is 129 Å². The molecule has 0 atom stereocenters. The lowest BCUT2D eigenvalue weighted by atomic mass is 10.1. The van der Waals surface area contributed by atoms with Crippen LogP contribution in [0.1, 0.15) is 22.8 Å². The molecule has 1 aromatic carbocycles. The van der Waals surface area contributed by atoms with Gasteiger partial charge in [0.2, 0.25) is 0 Å². The van der Waals surface area contributed by atoms with E-state index in [0.717, 1.165) is 13.0 Å². The van der Waals surface area contributed by atoms with Gasteiger partial charge >= 0.3 is 0 Å². The Hall–Kier alpha value is -2.07. The van der Waals surface area contributed by atoms with Gasteiger partial charge in [-0.2, -0.15) is 0 Å². The number of carbonyl (C=O) groups excluding carboxylic acids is 1. The van der Waals surface area contributed by atoms with Crippen LogP contribution in [0.3, 0.4) is 0 Å². The molecule has 2 N–H and O–H groups in total. The van der Waals surface area contributed by atoms with E-state index in [9.17, 15) is 4.79 Å². The highest BCUT2D eigenvalue weighted by molar-refractivity contribution is 6.29. The molecule has 0 spiro atoms. The first-order valence-electron chi connectivity index (χ1n) is 6.92. The predicted molar refractivity (Wildman–Crippen MR) is 85.9 cm³/mol. The average Bonchev–Trinajstić information content (AvgIpc) is 2.48. The smallest absolute Gasteiger partial charge is 0.251 e. The Morgan fingerprint density at radius 2 is 2.00 bits per heavy atom. The summed E-state index contributed by atoms with van der Waals surface area (Å²) in [4.78, 5) is 16.2. The van der Waals surface area contributed by atoms with Gasteiger partial charge in [-0.15, -0.1) is 0 Å². The summed E-state index contributed by atoms with van der Waals surface area (Å²) >= 11 is 5.93. The highest BCUT2D eigenvalue weighted by Crippen LogP contribution is 2.14. The Kier molecular flexibility index (Phi) is 5.58. The van der Waals surface area contributed by atoms with Crippen molar-refractivity contribution < 1.29 is 4.79 Å². The maximum atomic E-state index is 12.1. The van der Waals surface area contributed by atoms with Crippen molar-refractivity contribution in [2.24, 2.45) is 0 Å². The third kappa shape index (κ3) is 4.76. The van der Waals surface area contributed by atoms with E-state index in [2.05, 4.69) is 15.6 Å². The fourth-order valence-corrected chi connectivity index (χ4v) is 2.18. The molecule has 0 bridgehead atoms. The van der Waals surface area contributed by atoms with Crippen LogP contribution in [0.2, 0.25) is 5.15 Å². The standard InChI is InChI=1S/C16H18ClN3O/c1-2-18-15-11-13(10-14(17)20-15)16(21)19-9-8-12-6-4-3-5-7-12/h3-7,10-11H,2,8-9H2,1H3,(H,18,20)(H,19,21). The van der Waals surface area contributed by atoms with Gasteiger partial charge in [0, 0.05) is 18.7 Å². The Balaban J connectivity index is 1.94. The van der Waals surface area contributed by atoms with Gasteiger partial charge in [-0.25, -0.2) is 4.98 Å². The van der Waals surface area contributed by atoms with Crippen molar-refractivity contribution in [1.29, 1.82) is 0 Å². The number of nitrogens with one attached hydrogen (secondary N) is 2. The van der Waals surface area contributed by atoms with E-state index < -0.39 is 0 Å². The SMILES string of the molecule is CCNc1cc(C(=O)NCCc2ccccc2)cc(Cl)n1. The summed E-state index contributed by atoms with van der Waals surface area (Å²) in [6.07, 6.45) is 0.797. The summed E-state index contributed by atoms with van der Waals surface area (Å²) in [6, 6.07) is 13.3. The summed E-state index contributed by atoms with van der Waals surface area (Å²) < 4.78 is 0. The van der Waals surface area contributed by atoms with Crippen molar-refractivity contribution in [2.45, 2.75) is 13.3 Å². The van der Waals surface area contributed by atoms with Gasteiger partial charge in [-0.05, 0) is 31.0 Å². The number of amides is 1. The molecule has 0 saturated heterocycles. The van der Waals surface area contributed by atoms with Crippen molar-refractivity contribution in [3.8, 4) is 0 Å². The highest BCUT2D eigenvalue weighted by Gasteiger charge is 2.08. The van der Waals surface area contributed by atoms with Gasteiger partial charge < -0.3 is 10.6 Å². The van der Waals surface area contributed by atoms with Gasteiger partial charge in [0.15, 0.2) is 0 Å². The van der Waals surface area contributed by atoms with Gasteiger partial charge in [0.05, 0.1) is 0 Å². The molecule has 0 saturated carbocycles. The number of rotatable bonds is 6. The van der Waals surface area contributed by atoms with Crippen molar-refractivity contribution in [3.05, 3.63) is 58.7 Å². The van der Waals surface area contributed by atoms with E-state index in [1.807, 2.05) is 37.3 Å². The zero-order valence-electron chi connectivity index (χ0n) is 11.9. The third-order valence-electron chi connectivity index (χ3n) is 2.96. The van der Waals surface area contributed by atoms with Gasteiger partial charge in [-0.3, -0.25) is 4.79 Å². The molecule has 5 heteroatoms. The van der Waals surface area contributed by atoms with E-state index in [1.54, 1.807) is 12.1 Å². The Morgan fingerprint density at radius 3 is 2.71 bits per heavy atom. The molecule has 0 unspecified atom stereocenters.